The Morgan fingerprint density at radius 3 is 2.82 bits per heavy atom. The van der Waals surface area contributed by atoms with Crippen molar-refractivity contribution in [3.8, 4) is 0 Å². The average molecular weight is 327 g/mol. The molecular weight excluding hydrogens is 303 g/mol. The van der Waals surface area contributed by atoms with Gasteiger partial charge >= 0.3 is 0 Å². The zero-order valence-electron chi connectivity index (χ0n) is 12.7. The van der Waals surface area contributed by atoms with Crippen LogP contribution in [0.2, 0.25) is 0 Å². The van der Waals surface area contributed by atoms with Crippen molar-refractivity contribution in [3.63, 3.8) is 0 Å². The van der Waals surface area contributed by atoms with Crippen LogP contribution < -0.4 is 10.6 Å². The molecule has 0 aromatic heterocycles. The zero-order chi connectivity index (χ0) is 14.7. The molecule has 1 atom stereocenters. The molecule has 1 saturated heterocycles. The second-order valence-electron chi connectivity index (χ2n) is 6.23. The molecular formula is C17H24ClFN2O. The van der Waals surface area contributed by atoms with E-state index in [1.165, 1.54) is 18.9 Å². The highest BCUT2D eigenvalue weighted by atomic mass is 35.5. The van der Waals surface area contributed by atoms with Gasteiger partial charge in [-0.25, -0.2) is 4.39 Å². The summed E-state index contributed by atoms with van der Waals surface area (Å²) in [5.41, 5.74) is 2.13. The van der Waals surface area contributed by atoms with Gasteiger partial charge in [-0.1, -0.05) is 6.07 Å². The summed E-state index contributed by atoms with van der Waals surface area (Å²) >= 11 is 0. The Morgan fingerprint density at radius 2 is 2.05 bits per heavy atom. The SMILES string of the molecule is Cl.O=C(CCC1CCNCC1)NC1CCc2cc(F)ccc21. The highest BCUT2D eigenvalue weighted by Crippen LogP contribution is 2.31. The van der Waals surface area contributed by atoms with Crippen LogP contribution in [0.25, 0.3) is 0 Å². The lowest BCUT2D eigenvalue weighted by atomic mass is 9.93. The minimum atomic E-state index is -0.188. The lowest BCUT2D eigenvalue weighted by Gasteiger charge is -2.22. The predicted molar refractivity (Wildman–Crippen MR) is 87.7 cm³/mol. The van der Waals surface area contributed by atoms with E-state index in [1.54, 1.807) is 6.07 Å². The highest BCUT2D eigenvalue weighted by Gasteiger charge is 2.24. The lowest BCUT2D eigenvalue weighted by molar-refractivity contribution is -0.122. The Labute approximate surface area is 137 Å². The third kappa shape index (κ3) is 4.20. The molecule has 22 heavy (non-hydrogen) atoms. The van der Waals surface area contributed by atoms with Crippen molar-refractivity contribution in [1.82, 2.24) is 10.6 Å². The summed E-state index contributed by atoms with van der Waals surface area (Å²) in [7, 11) is 0. The molecule has 1 aromatic carbocycles. The molecule has 1 heterocycles. The fourth-order valence-electron chi connectivity index (χ4n) is 3.51. The zero-order valence-corrected chi connectivity index (χ0v) is 13.6. The lowest BCUT2D eigenvalue weighted by Crippen LogP contribution is -2.30. The summed E-state index contributed by atoms with van der Waals surface area (Å²) in [4.78, 5) is 12.1. The van der Waals surface area contributed by atoms with Gasteiger partial charge in [-0.2, -0.15) is 0 Å². The average Bonchev–Trinajstić information content (AvgIpc) is 2.88. The van der Waals surface area contributed by atoms with Crippen LogP contribution in [0.5, 0.6) is 0 Å². The molecule has 1 aromatic rings. The van der Waals surface area contributed by atoms with E-state index in [-0.39, 0.29) is 30.2 Å². The van der Waals surface area contributed by atoms with Gasteiger partial charge in [-0.15, -0.1) is 12.4 Å². The third-order valence-corrected chi connectivity index (χ3v) is 4.76. The first-order chi connectivity index (χ1) is 10.2. The van der Waals surface area contributed by atoms with Gasteiger partial charge < -0.3 is 10.6 Å². The smallest absolute Gasteiger partial charge is 0.220 e. The molecule has 1 aliphatic heterocycles. The number of nitrogens with one attached hydrogen (secondary N) is 2. The van der Waals surface area contributed by atoms with Gasteiger partial charge in [0.25, 0.3) is 0 Å². The van der Waals surface area contributed by atoms with Crippen LogP contribution in [0, 0.1) is 11.7 Å². The van der Waals surface area contributed by atoms with Gasteiger partial charge in [0.05, 0.1) is 6.04 Å². The van der Waals surface area contributed by atoms with E-state index in [4.69, 9.17) is 0 Å². The summed E-state index contributed by atoms with van der Waals surface area (Å²) in [6.07, 6.45) is 5.69. The van der Waals surface area contributed by atoms with Crippen LogP contribution in [0.1, 0.15) is 49.3 Å². The number of benzene rings is 1. The molecule has 0 saturated carbocycles. The number of piperidine rings is 1. The van der Waals surface area contributed by atoms with Crippen molar-refractivity contribution >= 4 is 18.3 Å². The number of halogens is 2. The molecule has 122 valence electrons. The maximum absolute atomic E-state index is 13.2. The standard InChI is InChI=1S/C17H23FN2O.ClH/c18-14-3-4-15-13(11-14)2-5-16(15)20-17(21)6-1-12-7-9-19-10-8-12;/h3-4,11-12,16,19H,1-2,5-10H2,(H,20,21);1H. The molecule has 1 unspecified atom stereocenters. The van der Waals surface area contributed by atoms with Gasteiger partial charge in [0.1, 0.15) is 5.82 Å². The Morgan fingerprint density at radius 1 is 1.27 bits per heavy atom. The van der Waals surface area contributed by atoms with E-state index in [9.17, 15) is 9.18 Å². The number of hydrogen-bond donors (Lipinski definition) is 2. The van der Waals surface area contributed by atoms with Gasteiger partial charge in [0.2, 0.25) is 5.91 Å². The molecule has 5 heteroatoms. The van der Waals surface area contributed by atoms with E-state index in [1.807, 2.05) is 6.07 Å². The maximum atomic E-state index is 13.2. The first-order valence-electron chi connectivity index (χ1n) is 8.01. The molecule has 1 fully saturated rings. The summed E-state index contributed by atoms with van der Waals surface area (Å²) < 4.78 is 13.2. The molecule has 0 bridgehead atoms. The fourth-order valence-corrected chi connectivity index (χ4v) is 3.51. The summed E-state index contributed by atoms with van der Waals surface area (Å²) in [5.74, 6) is 0.629. The number of hydrogen-bond acceptors (Lipinski definition) is 2. The van der Waals surface area contributed by atoms with E-state index in [0.717, 1.165) is 43.5 Å². The number of aryl methyl sites for hydroxylation is 1. The number of fused-ring (bicyclic) bond motifs is 1. The molecule has 3 nitrogen and oxygen atoms in total. The molecule has 2 aliphatic rings. The first kappa shape index (κ1) is 17.2. The Balaban J connectivity index is 0.00000176. The first-order valence-corrected chi connectivity index (χ1v) is 8.01. The normalized spacial score (nSPS) is 21.0. The monoisotopic (exact) mass is 326 g/mol. The minimum absolute atomic E-state index is 0. The topological polar surface area (TPSA) is 41.1 Å². The van der Waals surface area contributed by atoms with Crippen LogP contribution >= 0.6 is 12.4 Å². The summed E-state index contributed by atoms with van der Waals surface area (Å²) in [5, 5.41) is 6.46. The van der Waals surface area contributed by atoms with Crippen LogP contribution in [-0.2, 0) is 11.2 Å². The van der Waals surface area contributed by atoms with Gasteiger partial charge in [0.15, 0.2) is 0 Å². The van der Waals surface area contributed by atoms with Gasteiger partial charge in [-0.05, 0) is 74.4 Å². The molecule has 1 amide bonds. The van der Waals surface area contributed by atoms with Gasteiger partial charge in [0, 0.05) is 6.42 Å². The van der Waals surface area contributed by atoms with Crippen LogP contribution in [0.15, 0.2) is 18.2 Å². The highest BCUT2D eigenvalue weighted by molar-refractivity contribution is 5.85. The fraction of sp³-hybridized carbons (Fsp3) is 0.588. The van der Waals surface area contributed by atoms with Crippen LogP contribution in [0.3, 0.4) is 0 Å². The van der Waals surface area contributed by atoms with E-state index >= 15 is 0 Å². The van der Waals surface area contributed by atoms with Crippen LogP contribution in [0.4, 0.5) is 4.39 Å². The Kier molecular flexibility index (Phi) is 6.21. The van der Waals surface area contributed by atoms with Crippen molar-refractivity contribution < 1.29 is 9.18 Å². The molecule has 2 N–H and O–H groups in total. The molecule has 3 rings (SSSR count). The number of rotatable bonds is 4. The second kappa shape index (κ2) is 7.93. The number of amides is 1. The van der Waals surface area contributed by atoms with Crippen molar-refractivity contribution in [2.45, 2.75) is 44.6 Å². The Hall–Kier alpha value is -1.13. The quantitative estimate of drug-likeness (QED) is 0.892. The van der Waals surface area contributed by atoms with Crippen LogP contribution in [-0.4, -0.2) is 19.0 Å². The van der Waals surface area contributed by atoms with Gasteiger partial charge in [-0.3, -0.25) is 4.79 Å². The molecule has 0 radical (unpaired) electrons. The largest absolute Gasteiger partial charge is 0.349 e. The Bertz CT molecular complexity index is 517. The summed E-state index contributed by atoms with van der Waals surface area (Å²) in [6, 6.07) is 4.96. The second-order valence-corrected chi connectivity index (χ2v) is 6.23. The van der Waals surface area contributed by atoms with Crippen molar-refractivity contribution in [3.05, 3.63) is 35.1 Å². The van der Waals surface area contributed by atoms with Crippen molar-refractivity contribution in [2.24, 2.45) is 5.92 Å². The summed E-state index contributed by atoms with van der Waals surface area (Å²) in [6.45, 7) is 2.15. The minimum Gasteiger partial charge on any atom is -0.349 e. The molecule has 0 spiro atoms. The van der Waals surface area contributed by atoms with E-state index in [0.29, 0.717) is 12.3 Å². The third-order valence-electron chi connectivity index (χ3n) is 4.76. The van der Waals surface area contributed by atoms with Crippen molar-refractivity contribution in [1.29, 1.82) is 0 Å². The molecule has 1 aliphatic carbocycles. The van der Waals surface area contributed by atoms with E-state index in [2.05, 4.69) is 10.6 Å². The van der Waals surface area contributed by atoms with Crippen molar-refractivity contribution in [2.75, 3.05) is 13.1 Å². The maximum Gasteiger partial charge on any atom is 0.220 e. The number of carbonyl (C=O) groups excluding carboxylic acids is 1. The van der Waals surface area contributed by atoms with E-state index < -0.39 is 0 Å². The number of carbonyl (C=O) groups is 1. The predicted octanol–water partition coefficient (Wildman–Crippen LogP) is 3.13.